The van der Waals surface area contributed by atoms with Gasteiger partial charge in [0, 0.05) is 11.6 Å². The van der Waals surface area contributed by atoms with E-state index in [0.717, 1.165) is 16.5 Å². The fourth-order valence-electron chi connectivity index (χ4n) is 2.44. The molecule has 1 aromatic carbocycles. The van der Waals surface area contributed by atoms with E-state index < -0.39 is 17.4 Å². The number of carbonyl (C=O) groups excluding carboxylic acids is 2. The summed E-state index contributed by atoms with van der Waals surface area (Å²) in [5.74, 6) is -0.671. The first-order chi connectivity index (χ1) is 10.8. The first-order valence-electron chi connectivity index (χ1n) is 7.52. The van der Waals surface area contributed by atoms with Gasteiger partial charge in [0.25, 0.3) is 0 Å². The average molecular weight is 314 g/mol. The van der Waals surface area contributed by atoms with Gasteiger partial charge in [-0.3, -0.25) is 9.78 Å². The second kappa shape index (κ2) is 6.77. The van der Waals surface area contributed by atoms with E-state index in [1.54, 1.807) is 6.20 Å². The smallest absolute Gasteiger partial charge is 0.328 e. The van der Waals surface area contributed by atoms with Gasteiger partial charge in [-0.25, -0.2) is 4.79 Å². The molecular weight excluding hydrogens is 292 g/mol. The molecule has 0 fully saturated rings. The summed E-state index contributed by atoms with van der Waals surface area (Å²) in [5, 5.41) is 3.76. The second-order valence-corrected chi connectivity index (χ2v) is 6.56. The monoisotopic (exact) mass is 314 g/mol. The van der Waals surface area contributed by atoms with Crippen LogP contribution in [0.5, 0.6) is 0 Å². The number of hydrogen-bond acceptors (Lipinski definition) is 4. The Morgan fingerprint density at radius 2 is 1.91 bits per heavy atom. The Labute approximate surface area is 136 Å². The summed E-state index contributed by atoms with van der Waals surface area (Å²) in [6.07, 6.45) is 1.87. The maximum atomic E-state index is 12.4. The molecule has 1 unspecified atom stereocenters. The first-order valence-corrected chi connectivity index (χ1v) is 7.52. The van der Waals surface area contributed by atoms with Gasteiger partial charge in [-0.15, -0.1) is 0 Å². The number of nitrogens with one attached hydrogen (secondary N) is 1. The summed E-state index contributed by atoms with van der Waals surface area (Å²) in [5.41, 5.74) is 1.20. The Morgan fingerprint density at radius 3 is 2.57 bits per heavy atom. The largest absolute Gasteiger partial charge is 0.467 e. The number of esters is 1. The molecule has 5 heteroatoms. The minimum atomic E-state index is -0.692. The van der Waals surface area contributed by atoms with Gasteiger partial charge >= 0.3 is 5.97 Å². The molecule has 1 atom stereocenters. The van der Waals surface area contributed by atoms with Crippen molar-refractivity contribution in [3.05, 3.63) is 42.1 Å². The standard InChI is InChI=1S/C18H22N2O3/c1-18(2,3)16(17(22)23-4)20-14(21)11-13-8-5-7-12-9-6-10-19-15(12)13/h5-10,16H,11H2,1-4H3,(H,20,21). The minimum absolute atomic E-state index is 0.165. The lowest BCUT2D eigenvalue weighted by molar-refractivity contribution is -0.148. The number of pyridine rings is 1. The minimum Gasteiger partial charge on any atom is -0.467 e. The molecule has 23 heavy (non-hydrogen) atoms. The van der Waals surface area contributed by atoms with Crippen molar-refractivity contribution in [2.45, 2.75) is 33.2 Å². The lowest BCUT2D eigenvalue weighted by Crippen LogP contribution is -2.50. The van der Waals surface area contributed by atoms with Gasteiger partial charge < -0.3 is 10.1 Å². The van der Waals surface area contributed by atoms with E-state index in [1.807, 2.05) is 51.1 Å². The predicted molar refractivity (Wildman–Crippen MR) is 88.8 cm³/mol. The molecule has 0 saturated heterocycles. The molecule has 122 valence electrons. The summed E-state index contributed by atoms with van der Waals surface area (Å²) in [6, 6.07) is 8.85. The number of benzene rings is 1. The fraction of sp³-hybridized carbons (Fsp3) is 0.389. The summed E-state index contributed by atoms with van der Waals surface area (Å²) in [7, 11) is 1.32. The van der Waals surface area contributed by atoms with Gasteiger partial charge in [0.2, 0.25) is 5.91 Å². The highest BCUT2D eigenvalue weighted by Crippen LogP contribution is 2.21. The zero-order valence-corrected chi connectivity index (χ0v) is 13.9. The topological polar surface area (TPSA) is 68.3 Å². The van der Waals surface area contributed by atoms with Gasteiger partial charge in [0.15, 0.2) is 0 Å². The van der Waals surface area contributed by atoms with E-state index in [-0.39, 0.29) is 12.3 Å². The van der Waals surface area contributed by atoms with Gasteiger partial charge in [-0.2, -0.15) is 0 Å². The van der Waals surface area contributed by atoms with Gasteiger partial charge in [-0.1, -0.05) is 45.0 Å². The van der Waals surface area contributed by atoms with Crippen LogP contribution in [0, 0.1) is 5.41 Å². The molecule has 0 aliphatic rings. The molecule has 1 N–H and O–H groups in total. The molecular formula is C18H22N2O3. The molecule has 2 rings (SSSR count). The zero-order chi connectivity index (χ0) is 17.0. The molecule has 0 saturated carbocycles. The number of methoxy groups -OCH3 is 1. The summed E-state index contributed by atoms with van der Waals surface area (Å²) in [6.45, 7) is 5.65. The van der Waals surface area contributed by atoms with Crippen LogP contribution >= 0.6 is 0 Å². The number of fused-ring (bicyclic) bond motifs is 1. The van der Waals surface area contributed by atoms with Crippen LogP contribution in [0.2, 0.25) is 0 Å². The van der Waals surface area contributed by atoms with Crippen molar-refractivity contribution < 1.29 is 14.3 Å². The van der Waals surface area contributed by atoms with Crippen molar-refractivity contribution in [2.75, 3.05) is 7.11 Å². The third-order valence-electron chi connectivity index (χ3n) is 3.68. The van der Waals surface area contributed by atoms with E-state index >= 15 is 0 Å². The van der Waals surface area contributed by atoms with Crippen molar-refractivity contribution >= 4 is 22.8 Å². The molecule has 0 spiro atoms. The summed E-state index contributed by atoms with van der Waals surface area (Å²) in [4.78, 5) is 28.6. The Kier molecular flexibility index (Phi) is 4.98. The number of carbonyl (C=O) groups is 2. The number of hydrogen-bond donors (Lipinski definition) is 1. The van der Waals surface area contributed by atoms with Crippen LogP contribution in [0.4, 0.5) is 0 Å². The maximum Gasteiger partial charge on any atom is 0.328 e. The van der Waals surface area contributed by atoms with E-state index in [0.29, 0.717) is 0 Å². The van der Waals surface area contributed by atoms with Crippen LogP contribution in [-0.4, -0.2) is 30.0 Å². The Morgan fingerprint density at radius 1 is 1.22 bits per heavy atom. The quantitative estimate of drug-likeness (QED) is 0.880. The van der Waals surface area contributed by atoms with Crippen LogP contribution in [0.3, 0.4) is 0 Å². The van der Waals surface area contributed by atoms with E-state index in [4.69, 9.17) is 4.74 Å². The number of rotatable bonds is 4. The predicted octanol–water partition coefficient (Wildman–Crippen LogP) is 2.48. The number of aromatic nitrogens is 1. The molecule has 0 radical (unpaired) electrons. The highest BCUT2D eigenvalue weighted by atomic mass is 16.5. The SMILES string of the molecule is COC(=O)C(NC(=O)Cc1cccc2cccnc12)C(C)(C)C. The fourth-order valence-corrected chi connectivity index (χ4v) is 2.44. The molecule has 5 nitrogen and oxygen atoms in total. The van der Waals surface area contributed by atoms with Crippen molar-refractivity contribution in [1.29, 1.82) is 0 Å². The third kappa shape index (κ3) is 4.06. The van der Waals surface area contributed by atoms with E-state index in [1.165, 1.54) is 7.11 Å². The van der Waals surface area contributed by atoms with Gasteiger partial charge in [0.05, 0.1) is 19.0 Å². The molecule has 0 aliphatic carbocycles. The molecule has 0 bridgehead atoms. The third-order valence-corrected chi connectivity index (χ3v) is 3.68. The molecule has 1 heterocycles. The lowest BCUT2D eigenvalue weighted by atomic mass is 9.86. The summed E-state index contributed by atoms with van der Waals surface area (Å²) >= 11 is 0. The highest BCUT2D eigenvalue weighted by molar-refractivity contribution is 5.90. The maximum absolute atomic E-state index is 12.4. The number of para-hydroxylation sites is 1. The Balaban J connectivity index is 2.19. The van der Waals surface area contributed by atoms with Crippen LogP contribution in [-0.2, 0) is 20.7 Å². The van der Waals surface area contributed by atoms with Crippen LogP contribution in [0.25, 0.3) is 10.9 Å². The average Bonchev–Trinajstić information content (AvgIpc) is 2.51. The van der Waals surface area contributed by atoms with E-state index in [9.17, 15) is 9.59 Å². The zero-order valence-electron chi connectivity index (χ0n) is 13.9. The van der Waals surface area contributed by atoms with Crippen molar-refractivity contribution in [1.82, 2.24) is 10.3 Å². The van der Waals surface area contributed by atoms with E-state index in [2.05, 4.69) is 10.3 Å². The first kappa shape index (κ1) is 16.9. The molecule has 1 aromatic heterocycles. The highest BCUT2D eigenvalue weighted by Gasteiger charge is 2.33. The number of amides is 1. The van der Waals surface area contributed by atoms with Crippen LogP contribution in [0.15, 0.2) is 36.5 Å². The normalized spacial score (nSPS) is 12.7. The van der Waals surface area contributed by atoms with Crippen molar-refractivity contribution in [3.63, 3.8) is 0 Å². The Hall–Kier alpha value is -2.43. The summed E-state index contributed by atoms with van der Waals surface area (Å²) < 4.78 is 4.79. The Bertz CT molecular complexity index is 714. The number of nitrogens with zero attached hydrogens (tertiary/aromatic N) is 1. The van der Waals surface area contributed by atoms with Crippen LogP contribution < -0.4 is 5.32 Å². The number of ether oxygens (including phenoxy) is 1. The molecule has 0 aliphatic heterocycles. The molecule has 1 amide bonds. The van der Waals surface area contributed by atoms with Gasteiger partial charge in [0.1, 0.15) is 6.04 Å². The molecule has 2 aromatic rings. The van der Waals surface area contributed by atoms with Crippen molar-refractivity contribution in [2.24, 2.45) is 5.41 Å². The van der Waals surface area contributed by atoms with Gasteiger partial charge in [-0.05, 0) is 17.0 Å². The second-order valence-electron chi connectivity index (χ2n) is 6.56. The lowest BCUT2D eigenvalue weighted by Gasteiger charge is -2.29. The van der Waals surface area contributed by atoms with Crippen molar-refractivity contribution in [3.8, 4) is 0 Å². The van der Waals surface area contributed by atoms with Crippen LogP contribution in [0.1, 0.15) is 26.3 Å².